The molecule has 3 amide bonds. The Morgan fingerprint density at radius 2 is 1.76 bits per heavy atom. The number of thioether (sulfide) groups is 1. The first-order chi connectivity index (χ1) is 15.4. The minimum Gasteiger partial charge on any atom is -0.480 e. The summed E-state index contributed by atoms with van der Waals surface area (Å²) in [6.45, 7) is 11.0. The molecule has 9 heteroatoms. The lowest BCUT2D eigenvalue weighted by atomic mass is 9.96. The van der Waals surface area contributed by atoms with Crippen LogP contribution in [-0.4, -0.2) is 56.6 Å². The number of benzene rings is 1. The van der Waals surface area contributed by atoms with Crippen molar-refractivity contribution in [2.75, 3.05) is 0 Å². The highest BCUT2D eigenvalue weighted by molar-refractivity contribution is 8.01. The Morgan fingerprint density at radius 1 is 1.12 bits per heavy atom. The van der Waals surface area contributed by atoms with Crippen molar-refractivity contribution in [2.45, 2.75) is 76.2 Å². The van der Waals surface area contributed by atoms with E-state index >= 15 is 0 Å². The molecule has 2 aliphatic heterocycles. The standard InChI is InChI=1S/C24H33N3O5S/c1-7-13(4)17(23(31)32)26-19(28)16(12(2)3)25-20(29)18-24(5,6)33-22-15-11-9-8-10-14(15)21(30)27(18)22/h8-13,16-18,22H,7H2,1-6H3,(H,25,29)(H,26,28)(H,31,32)/t13-,16+,17+,18+,22+/m1/s1. The average molecular weight is 476 g/mol. The summed E-state index contributed by atoms with van der Waals surface area (Å²) in [5.74, 6) is -2.80. The van der Waals surface area contributed by atoms with E-state index in [0.29, 0.717) is 12.0 Å². The van der Waals surface area contributed by atoms with Gasteiger partial charge in [0.15, 0.2) is 0 Å². The summed E-state index contributed by atoms with van der Waals surface area (Å²) in [6.07, 6.45) is 0.586. The molecule has 2 heterocycles. The van der Waals surface area contributed by atoms with Gasteiger partial charge in [-0.05, 0) is 37.3 Å². The third kappa shape index (κ3) is 4.60. The number of carbonyl (C=O) groups is 4. The van der Waals surface area contributed by atoms with Crippen LogP contribution in [0.4, 0.5) is 0 Å². The fourth-order valence-electron chi connectivity index (χ4n) is 4.50. The quantitative estimate of drug-likeness (QED) is 0.533. The molecule has 180 valence electrons. The molecule has 0 aliphatic carbocycles. The van der Waals surface area contributed by atoms with Gasteiger partial charge in [-0.15, -0.1) is 11.8 Å². The molecule has 1 fully saturated rings. The number of nitrogens with one attached hydrogen (secondary N) is 2. The van der Waals surface area contributed by atoms with Crippen LogP contribution in [0.15, 0.2) is 24.3 Å². The molecule has 1 aromatic rings. The molecule has 2 aliphatic rings. The van der Waals surface area contributed by atoms with Crippen LogP contribution in [0.3, 0.4) is 0 Å². The first kappa shape index (κ1) is 25.1. The monoisotopic (exact) mass is 475 g/mol. The van der Waals surface area contributed by atoms with Crippen LogP contribution < -0.4 is 10.6 Å². The van der Waals surface area contributed by atoms with Crippen LogP contribution in [0, 0.1) is 11.8 Å². The van der Waals surface area contributed by atoms with E-state index in [1.807, 2.05) is 32.9 Å². The third-order valence-corrected chi connectivity index (χ3v) is 8.10. The van der Waals surface area contributed by atoms with E-state index in [9.17, 15) is 24.3 Å². The van der Waals surface area contributed by atoms with Gasteiger partial charge in [-0.1, -0.05) is 52.3 Å². The lowest BCUT2D eigenvalue weighted by Gasteiger charge is -2.32. The summed E-state index contributed by atoms with van der Waals surface area (Å²) in [4.78, 5) is 53.0. The van der Waals surface area contributed by atoms with Crippen molar-refractivity contribution in [1.82, 2.24) is 15.5 Å². The molecular weight excluding hydrogens is 442 g/mol. The molecule has 3 N–H and O–H groups in total. The Morgan fingerprint density at radius 3 is 2.33 bits per heavy atom. The van der Waals surface area contributed by atoms with Gasteiger partial charge in [0.2, 0.25) is 11.8 Å². The second-order valence-corrected chi connectivity index (χ2v) is 11.5. The van der Waals surface area contributed by atoms with Gasteiger partial charge in [-0.25, -0.2) is 4.79 Å². The minimum atomic E-state index is -1.11. The molecule has 0 spiro atoms. The Kier molecular flexibility index (Phi) is 7.12. The molecule has 0 aromatic heterocycles. The number of aliphatic carboxylic acids is 1. The van der Waals surface area contributed by atoms with Gasteiger partial charge in [0, 0.05) is 10.3 Å². The van der Waals surface area contributed by atoms with Gasteiger partial charge in [0.05, 0.1) is 0 Å². The maximum Gasteiger partial charge on any atom is 0.326 e. The number of amides is 3. The third-order valence-electron chi connectivity index (χ3n) is 6.57. The predicted octanol–water partition coefficient (Wildman–Crippen LogP) is 2.79. The zero-order valence-corrected chi connectivity index (χ0v) is 20.7. The molecule has 1 saturated heterocycles. The first-order valence-corrected chi connectivity index (χ1v) is 12.2. The van der Waals surface area contributed by atoms with E-state index in [1.54, 1.807) is 49.6 Å². The van der Waals surface area contributed by atoms with Crippen molar-refractivity contribution in [3.05, 3.63) is 35.4 Å². The summed E-state index contributed by atoms with van der Waals surface area (Å²) in [7, 11) is 0. The molecule has 8 nitrogen and oxygen atoms in total. The normalized spacial score (nSPS) is 23.5. The Hall–Kier alpha value is -2.55. The molecule has 0 unspecified atom stereocenters. The number of carboxylic acids is 1. The van der Waals surface area contributed by atoms with E-state index in [2.05, 4.69) is 10.6 Å². The highest BCUT2D eigenvalue weighted by Gasteiger charge is 2.57. The number of rotatable bonds is 8. The van der Waals surface area contributed by atoms with Gasteiger partial charge >= 0.3 is 5.97 Å². The highest BCUT2D eigenvalue weighted by atomic mass is 32.2. The number of nitrogens with zero attached hydrogens (tertiary/aromatic N) is 1. The number of hydrogen-bond donors (Lipinski definition) is 3. The van der Waals surface area contributed by atoms with Crippen LogP contribution in [0.2, 0.25) is 0 Å². The molecular formula is C24H33N3O5S. The van der Waals surface area contributed by atoms with E-state index in [1.165, 1.54) is 0 Å². The maximum absolute atomic E-state index is 13.5. The molecule has 33 heavy (non-hydrogen) atoms. The fraction of sp³-hybridized carbons (Fsp3) is 0.583. The van der Waals surface area contributed by atoms with E-state index in [0.717, 1.165) is 5.56 Å². The van der Waals surface area contributed by atoms with Gasteiger partial charge in [0.25, 0.3) is 5.91 Å². The zero-order chi connectivity index (χ0) is 24.7. The van der Waals surface area contributed by atoms with Crippen LogP contribution in [0.25, 0.3) is 0 Å². The second kappa shape index (κ2) is 9.37. The molecule has 0 bridgehead atoms. The number of carboxylic acid groups (broad SMARTS) is 1. The van der Waals surface area contributed by atoms with Crippen LogP contribution >= 0.6 is 11.8 Å². The van der Waals surface area contributed by atoms with Gasteiger partial charge in [-0.3, -0.25) is 14.4 Å². The van der Waals surface area contributed by atoms with Crippen molar-refractivity contribution in [3.63, 3.8) is 0 Å². The SMILES string of the molecule is CC[C@@H](C)[C@H](NC(=O)[C@@H](NC(=O)[C@@H]1N2C(=O)c3ccccc3[C@@H]2SC1(C)C)C(C)C)C(=O)O. The van der Waals surface area contributed by atoms with Crippen molar-refractivity contribution in [2.24, 2.45) is 11.8 Å². The summed E-state index contributed by atoms with van der Waals surface area (Å²) >= 11 is 1.55. The molecule has 1 aromatic carbocycles. The highest BCUT2D eigenvalue weighted by Crippen LogP contribution is 2.56. The molecule has 3 rings (SSSR count). The summed E-state index contributed by atoms with van der Waals surface area (Å²) in [5.41, 5.74) is 1.49. The lowest BCUT2D eigenvalue weighted by molar-refractivity contribution is -0.144. The van der Waals surface area contributed by atoms with Gasteiger partial charge in [0.1, 0.15) is 23.5 Å². The summed E-state index contributed by atoms with van der Waals surface area (Å²) in [6, 6.07) is 4.62. The van der Waals surface area contributed by atoms with Crippen LogP contribution in [0.1, 0.15) is 69.3 Å². The summed E-state index contributed by atoms with van der Waals surface area (Å²) < 4.78 is -0.573. The molecule has 5 atom stereocenters. The second-order valence-electron chi connectivity index (χ2n) is 9.72. The van der Waals surface area contributed by atoms with Crippen LogP contribution in [-0.2, 0) is 14.4 Å². The number of fused-ring (bicyclic) bond motifs is 3. The van der Waals surface area contributed by atoms with E-state index < -0.39 is 40.7 Å². The number of carbonyl (C=O) groups excluding carboxylic acids is 3. The lowest BCUT2D eigenvalue weighted by Crippen LogP contribution is -2.60. The zero-order valence-electron chi connectivity index (χ0n) is 19.9. The Labute approximate surface area is 198 Å². The predicted molar refractivity (Wildman–Crippen MR) is 127 cm³/mol. The van der Waals surface area contributed by atoms with Crippen LogP contribution in [0.5, 0.6) is 0 Å². The molecule has 0 radical (unpaired) electrons. The van der Waals surface area contributed by atoms with Gasteiger partial charge < -0.3 is 20.6 Å². The minimum absolute atomic E-state index is 0.193. The van der Waals surface area contributed by atoms with E-state index in [-0.39, 0.29) is 23.1 Å². The van der Waals surface area contributed by atoms with Gasteiger partial charge in [-0.2, -0.15) is 0 Å². The molecule has 0 saturated carbocycles. The largest absolute Gasteiger partial charge is 0.480 e. The maximum atomic E-state index is 13.5. The van der Waals surface area contributed by atoms with Crippen molar-refractivity contribution >= 4 is 35.5 Å². The number of hydrogen-bond acceptors (Lipinski definition) is 5. The van der Waals surface area contributed by atoms with Crippen molar-refractivity contribution < 1.29 is 24.3 Å². The average Bonchev–Trinajstić information content (AvgIpc) is 3.18. The Balaban J connectivity index is 1.82. The first-order valence-electron chi connectivity index (χ1n) is 11.3. The smallest absolute Gasteiger partial charge is 0.326 e. The fourth-order valence-corrected chi connectivity index (χ4v) is 6.09. The van der Waals surface area contributed by atoms with Crippen molar-refractivity contribution in [3.8, 4) is 0 Å². The Bertz CT molecular complexity index is 963. The van der Waals surface area contributed by atoms with E-state index in [4.69, 9.17) is 0 Å². The summed E-state index contributed by atoms with van der Waals surface area (Å²) in [5, 5.41) is 14.7. The van der Waals surface area contributed by atoms with Crippen molar-refractivity contribution in [1.29, 1.82) is 0 Å². The topological polar surface area (TPSA) is 116 Å².